The fourth-order valence-electron chi connectivity index (χ4n) is 6.99. The molecule has 0 aromatic rings. The molecule has 0 aliphatic carbocycles. The van der Waals surface area contributed by atoms with Gasteiger partial charge in [-0.15, -0.1) is 0 Å². The van der Waals surface area contributed by atoms with E-state index in [2.05, 4.69) is 93.7 Å². The predicted molar refractivity (Wildman–Crippen MR) is 270 cm³/mol. The Labute approximate surface area is 388 Å². The number of carbonyl (C=O) groups excluding carboxylic acids is 3. The molecule has 0 aromatic carbocycles. The van der Waals surface area contributed by atoms with Gasteiger partial charge < -0.3 is 14.2 Å². The van der Waals surface area contributed by atoms with Gasteiger partial charge in [-0.3, -0.25) is 14.4 Å². The molecule has 0 amide bonds. The summed E-state index contributed by atoms with van der Waals surface area (Å²) in [4.78, 5) is 37.9. The molecule has 0 aliphatic heterocycles. The first-order chi connectivity index (χ1) is 31.0. The Morgan fingerprint density at radius 3 is 1.03 bits per heavy atom. The molecule has 0 heterocycles. The van der Waals surface area contributed by atoms with Gasteiger partial charge in [0.2, 0.25) is 0 Å². The highest BCUT2D eigenvalue weighted by Gasteiger charge is 2.19. The number of hydrogen-bond donors (Lipinski definition) is 0. The minimum absolute atomic E-state index is 0.108. The second-order valence-corrected chi connectivity index (χ2v) is 17.1. The van der Waals surface area contributed by atoms with Gasteiger partial charge >= 0.3 is 17.9 Å². The Morgan fingerprint density at radius 1 is 0.333 bits per heavy atom. The summed E-state index contributed by atoms with van der Waals surface area (Å²) < 4.78 is 16.7. The van der Waals surface area contributed by atoms with E-state index >= 15 is 0 Å². The average molecular weight is 877 g/mol. The van der Waals surface area contributed by atoms with E-state index in [1.54, 1.807) is 0 Å². The van der Waals surface area contributed by atoms with Crippen LogP contribution in [0.25, 0.3) is 0 Å². The summed E-state index contributed by atoms with van der Waals surface area (Å²) in [6, 6.07) is 0. The van der Waals surface area contributed by atoms with Crippen molar-refractivity contribution < 1.29 is 28.6 Å². The quantitative estimate of drug-likeness (QED) is 0.0262. The number of unbranched alkanes of at least 4 members (excludes halogenated alkanes) is 21. The third kappa shape index (κ3) is 49.5. The molecular formula is C57H96O6. The maximum absolute atomic E-state index is 12.8. The van der Waals surface area contributed by atoms with Crippen LogP contribution in [-0.4, -0.2) is 37.2 Å². The van der Waals surface area contributed by atoms with Gasteiger partial charge in [0, 0.05) is 19.3 Å². The molecule has 0 fully saturated rings. The normalized spacial score (nSPS) is 12.7. The second kappa shape index (κ2) is 51.2. The van der Waals surface area contributed by atoms with Crippen LogP contribution >= 0.6 is 0 Å². The Kier molecular flexibility index (Phi) is 48.5. The summed E-state index contributed by atoms with van der Waals surface area (Å²) in [6.07, 6.45) is 65.8. The van der Waals surface area contributed by atoms with Gasteiger partial charge in [-0.05, 0) is 83.5 Å². The highest BCUT2D eigenvalue weighted by Crippen LogP contribution is 2.14. The van der Waals surface area contributed by atoms with Crippen molar-refractivity contribution in [3.05, 3.63) is 85.1 Å². The molecule has 6 nitrogen and oxygen atoms in total. The van der Waals surface area contributed by atoms with Crippen LogP contribution in [0.5, 0.6) is 0 Å². The summed E-state index contributed by atoms with van der Waals surface area (Å²) in [5.74, 6) is -1.00. The number of rotatable bonds is 46. The largest absolute Gasteiger partial charge is 0.462 e. The van der Waals surface area contributed by atoms with Crippen LogP contribution in [0.15, 0.2) is 85.1 Å². The molecule has 360 valence electrons. The van der Waals surface area contributed by atoms with Gasteiger partial charge in [-0.2, -0.15) is 0 Å². The van der Waals surface area contributed by atoms with Crippen molar-refractivity contribution >= 4 is 17.9 Å². The Morgan fingerprint density at radius 2 is 0.651 bits per heavy atom. The van der Waals surface area contributed by atoms with Gasteiger partial charge in [0.25, 0.3) is 0 Å². The topological polar surface area (TPSA) is 78.9 Å². The molecule has 0 saturated carbocycles. The smallest absolute Gasteiger partial charge is 0.306 e. The number of allylic oxidation sites excluding steroid dienone is 14. The van der Waals surface area contributed by atoms with Crippen molar-refractivity contribution in [1.82, 2.24) is 0 Å². The third-order valence-corrected chi connectivity index (χ3v) is 10.9. The summed E-state index contributed by atoms with van der Waals surface area (Å²) in [5.41, 5.74) is 0. The van der Waals surface area contributed by atoms with Crippen LogP contribution in [0.3, 0.4) is 0 Å². The van der Waals surface area contributed by atoms with Crippen LogP contribution in [-0.2, 0) is 28.6 Å². The highest BCUT2D eigenvalue weighted by atomic mass is 16.6. The first-order valence-corrected chi connectivity index (χ1v) is 26.1. The van der Waals surface area contributed by atoms with E-state index in [-0.39, 0.29) is 31.6 Å². The zero-order valence-corrected chi connectivity index (χ0v) is 41.1. The molecule has 63 heavy (non-hydrogen) atoms. The molecule has 0 aliphatic rings. The molecular weight excluding hydrogens is 781 g/mol. The SMILES string of the molecule is CC/C=C\C/C=C\C/C=C\C/C=C\C/C=C\C/C=C\CCC(=O)O[C@H](COC(=O)CCCCCCC/C=C\CCCCCCCC)COC(=O)CCCCCCCCCCCCC. The van der Waals surface area contributed by atoms with E-state index in [0.29, 0.717) is 19.3 Å². The van der Waals surface area contributed by atoms with E-state index in [4.69, 9.17) is 14.2 Å². The molecule has 0 bridgehead atoms. The zero-order valence-electron chi connectivity index (χ0n) is 41.1. The number of esters is 3. The molecule has 0 spiro atoms. The van der Waals surface area contributed by atoms with E-state index in [0.717, 1.165) is 89.9 Å². The molecule has 0 saturated heterocycles. The lowest BCUT2D eigenvalue weighted by Gasteiger charge is -2.18. The van der Waals surface area contributed by atoms with Crippen molar-refractivity contribution in [2.75, 3.05) is 13.2 Å². The van der Waals surface area contributed by atoms with E-state index < -0.39 is 12.1 Å². The fourth-order valence-corrected chi connectivity index (χ4v) is 6.99. The zero-order chi connectivity index (χ0) is 45.8. The molecule has 0 N–H and O–H groups in total. The highest BCUT2D eigenvalue weighted by molar-refractivity contribution is 5.71. The summed E-state index contributed by atoms with van der Waals surface area (Å²) in [6.45, 7) is 6.44. The first kappa shape index (κ1) is 59.6. The summed E-state index contributed by atoms with van der Waals surface area (Å²) >= 11 is 0. The van der Waals surface area contributed by atoms with Crippen LogP contribution in [0.2, 0.25) is 0 Å². The van der Waals surface area contributed by atoms with Gasteiger partial charge in [0.05, 0.1) is 0 Å². The van der Waals surface area contributed by atoms with Crippen molar-refractivity contribution in [3.63, 3.8) is 0 Å². The average Bonchev–Trinajstić information content (AvgIpc) is 3.28. The molecule has 0 rings (SSSR count). The lowest BCUT2D eigenvalue weighted by molar-refractivity contribution is -0.166. The van der Waals surface area contributed by atoms with E-state index in [1.807, 2.05) is 12.2 Å². The van der Waals surface area contributed by atoms with Crippen molar-refractivity contribution in [2.24, 2.45) is 0 Å². The predicted octanol–water partition coefficient (Wildman–Crippen LogP) is 17.2. The minimum atomic E-state index is -0.817. The van der Waals surface area contributed by atoms with Crippen LogP contribution < -0.4 is 0 Å². The molecule has 6 heteroatoms. The van der Waals surface area contributed by atoms with E-state index in [9.17, 15) is 14.4 Å². The number of ether oxygens (including phenoxy) is 3. The van der Waals surface area contributed by atoms with Crippen molar-refractivity contribution in [2.45, 2.75) is 245 Å². The van der Waals surface area contributed by atoms with Crippen LogP contribution in [0, 0.1) is 0 Å². The van der Waals surface area contributed by atoms with Crippen LogP contribution in [0.4, 0.5) is 0 Å². The molecule has 1 atom stereocenters. The minimum Gasteiger partial charge on any atom is -0.462 e. The molecule has 0 radical (unpaired) electrons. The van der Waals surface area contributed by atoms with Gasteiger partial charge in [0.1, 0.15) is 13.2 Å². The third-order valence-electron chi connectivity index (χ3n) is 10.9. The van der Waals surface area contributed by atoms with Gasteiger partial charge in [0.15, 0.2) is 6.10 Å². The second-order valence-electron chi connectivity index (χ2n) is 17.1. The Hall–Kier alpha value is -3.41. The summed E-state index contributed by atoms with van der Waals surface area (Å²) in [5, 5.41) is 0. The number of carbonyl (C=O) groups is 3. The Bertz CT molecular complexity index is 1240. The van der Waals surface area contributed by atoms with Gasteiger partial charge in [-0.1, -0.05) is 221 Å². The fraction of sp³-hybridized carbons (Fsp3) is 0.702. The molecule has 0 aromatic heterocycles. The lowest BCUT2D eigenvalue weighted by Crippen LogP contribution is -2.30. The van der Waals surface area contributed by atoms with Gasteiger partial charge in [-0.25, -0.2) is 0 Å². The maximum atomic E-state index is 12.8. The standard InChI is InChI=1S/C57H96O6/c1-4-7-10-13-16-19-22-24-26-27-28-29-31-33-36-39-42-45-48-51-57(60)63-54(52-61-55(58)49-46-43-40-37-34-21-18-15-12-9-6-3)53-62-56(59)50-47-44-41-38-35-32-30-25-23-20-17-14-11-8-5-2/h7,10,16,19,24-26,28-30,33,36,42,45,54H,4-6,8-9,11-15,17-18,20-23,27,31-32,34-35,37-41,43-44,46-53H2,1-3H3/b10-7-,19-16-,26-24-,29-28-,30-25-,36-33-,45-42-/t54-/m0/s1. The first-order valence-electron chi connectivity index (χ1n) is 26.1. The number of hydrogen-bond acceptors (Lipinski definition) is 6. The Balaban J connectivity index is 4.51. The van der Waals surface area contributed by atoms with Crippen molar-refractivity contribution in [3.8, 4) is 0 Å². The maximum Gasteiger partial charge on any atom is 0.306 e. The molecule has 0 unspecified atom stereocenters. The monoisotopic (exact) mass is 877 g/mol. The summed E-state index contributed by atoms with van der Waals surface area (Å²) in [7, 11) is 0. The van der Waals surface area contributed by atoms with Crippen molar-refractivity contribution in [1.29, 1.82) is 0 Å². The van der Waals surface area contributed by atoms with Crippen LogP contribution in [0.1, 0.15) is 239 Å². The van der Waals surface area contributed by atoms with E-state index in [1.165, 1.54) is 103 Å². The lowest BCUT2D eigenvalue weighted by atomic mass is 10.1.